The summed E-state index contributed by atoms with van der Waals surface area (Å²) in [5.41, 5.74) is 1.74. The number of rotatable bonds is 2. The zero-order valence-corrected chi connectivity index (χ0v) is 11.4. The summed E-state index contributed by atoms with van der Waals surface area (Å²) in [5, 5.41) is 18.8. The van der Waals surface area contributed by atoms with Crippen LogP contribution in [0.5, 0.6) is 0 Å². The molecular weight excluding hydrogens is 274 g/mol. The van der Waals surface area contributed by atoms with Crippen LogP contribution in [0.2, 0.25) is 0 Å². The number of hydrogen-bond acceptors (Lipinski definition) is 4. The molecule has 1 unspecified atom stereocenters. The number of imidazole rings is 1. The van der Waals surface area contributed by atoms with E-state index in [0.717, 1.165) is 5.69 Å². The second kappa shape index (κ2) is 4.85. The van der Waals surface area contributed by atoms with Gasteiger partial charge in [0.15, 0.2) is 0 Å². The average Bonchev–Trinajstić information content (AvgIpc) is 3.02. The average molecular weight is 289 g/mol. The van der Waals surface area contributed by atoms with Gasteiger partial charge in [-0.15, -0.1) is 0 Å². The van der Waals surface area contributed by atoms with Crippen LogP contribution < -0.4 is 0 Å². The predicted molar refractivity (Wildman–Crippen MR) is 73.0 cm³/mol. The molecule has 0 aliphatic carbocycles. The van der Waals surface area contributed by atoms with Crippen LogP contribution in [0.15, 0.2) is 24.4 Å². The van der Waals surface area contributed by atoms with Crippen LogP contribution in [0, 0.1) is 6.92 Å². The molecule has 2 aromatic heterocycles. The van der Waals surface area contributed by atoms with Gasteiger partial charge in [-0.2, -0.15) is 0 Å². The molecule has 2 N–H and O–H groups in total. The lowest BCUT2D eigenvalue weighted by Crippen LogP contribution is -2.40. The Kier molecular flexibility index (Phi) is 3.13. The van der Waals surface area contributed by atoms with Crippen LogP contribution in [0.1, 0.15) is 22.6 Å². The first-order valence-electron chi connectivity index (χ1n) is 6.64. The van der Waals surface area contributed by atoms with Crippen molar-refractivity contribution in [2.75, 3.05) is 6.54 Å². The number of nitrogens with zero attached hydrogens (tertiary/aromatic N) is 3. The monoisotopic (exact) mass is 289 g/mol. The lowest BCUT2D eigenvalue weighted by Gasteiger charge is -2.19. The van der Waals surface area contributed by atoms with Gasteiger partial charge in [-0.3, -0.25) is 4.79 Å². The Hall–Kier alpha value is -2.41. The van der Waals surface area contributed by atoms with Crippen molar-refractivity contribution in [1.82, 2.24) is 14.3 Å². The highest BCUT2D eigenvalue weighted by Gasteiger charge is 2.39. The van der Waals surface area contributed by atoms with E-state index in [1.54, 1.807) is 16.7 Å². The van der Waals surface area contributed by atoms with E-state index in [9.17, 15) is 14.7 Å². The highest BCUT2D eigenvalue weighted by molar-refractivity contribution is 5.96. The van der Waals surface area contributed by atoms with E-state index in [4.69, 9.17) is 5.11 Å². The number of aliphatic hydroxyl groups is 1. The van der Waals surface area contributed by atoms with Crippen LogP contribution in [-0.2, 0) is 4.79 Å². The van der Waals surface area contributed by atoms with Gasteiger partial charge in [0.25, 0.3) is 5.91 Å². The molecule has 1 saturated heterocycles. The fraction of sp³-hybridized carbons (Fsp3) is 0.357. The number of amides is 1. The van der Waals surface area contributed by atoms with Crippen molar-refractivity contribution < 1.29 is 19.8 Å². The molecule has 7 heteroatoms. The zero-order chi connectivity index (χ0) is 15.1. The number of carbonyl (C=O) groups excluding carboxylic acids is 1. The minimum Gasteiger partial charge on any atom is -0.480 e. The summed E-state index contributed by atoms with van der Waals surface area (Å²) in [6.45, 7) is 1.91. The number of aliphatic hydroxyl groups excluding tert-OH is 1. The van der Waals surface area contributed by atoms with Crippen LogP contribution in [-0.4, -0.2) is 55.1 Å². The fourth-order valence-electron chi connectivity index (χ4n) is 2.67. The van der Waals surface area contributed by atoms with Gasteiger partial charge in [-0.25, -0.2) is 9.78 Å². The summed E-state index contributed by atoms with van der Waals surface area (Å²) in [4.78, 5) is 29.1. The van der Waals surface area contributed by atoms with Crippen molar-refractivity contribution in [2.24, 2.45) is 0 Å². The van der Waals surface area contributed by atoms with E-state index in [0.29, 0.717) is 5.65 Å². The first-order valence-corrected chi connectivity index (χ1v) is 6.64. The molecule has 0 aromatic carbocycles. The zero-order valence-electron chi connectivity index (χ0n) is 11.4. The molecule has 1 aliphatic rings. The maximum atomic E-state index is 12.5. The van der Waals surface area contributed by atoms with Crippen molar-refractivity contribution in [2.45, 2.75) is 25.5 Å². The van der Waals surface area contributed by atoms with Gasteiger partial charge in [-0.05, 0) is 19.1 Å². The number of pyridine rings is 1. The smallest absolute Gasteiger partial charge is 0.326 e. The Labute approximate surface area is 120 Å². The summed E-state index contributed by atoms with van der Waals surface area (Å²) < 4.78 is 1.77. The van der Waals surface area contributed by atoms with Crippen molar-refractivity contribution in [3.05, 3.63) is 35.8 Å². The fourth-order valence-corrected chi connectivity index (χ4v) is 2.67. The molecule has 3 heterocycles. The quantitative estimate of drug-likeness (QED) is 0.829. The predicted octanol–water partition coefficient (Wildman–Crippen LogP) is 0.303. The van der Waals surface area contributed by atoms with Gasteiger partial charge in [-0.1, -0.05) is 6.07 Å². The molecule has 2 atom stereocenters. The standard InChI is InChI=1S/C14H15N3O4/c1-8-3-2-4-12-15-10(7-16(8)12)13(19)17-6-9(18)5-11(17)14(20)21/h2-4,7,9,11,18H,5-6H2,1H3,(H,20,21)/t9?,11-/m0/s1. The summed E-state index contributed by atoms with van der Waals surface area (Å²) in [5.74, 6) is -1.58. The number of aromatic nitrogens is 2. The first-order chi connectivity index (χ1) is 9.97. The summed E-state index contributed by atoms with van der Waals surface area (Å²) in [6, 6.07) is 4.50. The van der Waals surface area contributed by atoms with Gasteiger partial charge in [0.1, 0.15) is 17.4 Å². The van der Waals surface area contributed by atoms with E-state index >= 15 is 0 Å². The largest absolute Gasteiger partial charge is 0.480 e. The van der Waals surface area contributed by atoms with Crippen molar-refractivity contribution in [1.29, 1.82) is 0 Å². The van der Waals surface area contributed by atoms with E-state index in [-0.39, 0.29) is 18.7 Å². The lowest BCUT2D eigenvalue weighted by molar-refractivity contribution is -0.141. The topological polar surface area (TPSA) is 95.1 Å². The minimum atomic E-state index is -1.11. The number of carbonyl (C=O) groups is 2. The number of carboxylic acids is 1. The highest BCUT2D eigenvalue weighted by Crippen LogP contribution is 2.21. The van der Waals surface area contributed by atoms with Gasteiger partial charge >= 0.3 is 5.97 Å². The highest BCUT2D eigenvalue weighted by atomic mass is 16.4. The van der Waals surface area contributed by atoms with Crippen LogP contribution in [0.25, 0.3) is 5.65 Å². The number of aryl methyl sites for hydroxylation is 1. The molecule has 0 radical (unpaired) electrons. The number of aliphatic carboxylic acids is 1. The molecule has 21 heavy (non-hydrogen) atoms. The molecule has 2 aromatic rings. The second-order valence-corrected chi connectivity index (χ2v) is 5.22. The molecule has 1 amide bonds. The number of carboxylic acid groups (broad SMARTS) is 1. The van der Waals surface area contributed by atoms with Crippen molar-refractivity contribution in [3.63, 3.8) is 0 Å². The lowest BCUT2D eigenvalue weighted by atomic mass is 10.2. The van der Waals surface area contributed by atoms with E-state index < -0.39 is 24.0 Å². The van der Waals surface area contributed by atoms with Crippen LogP contribution in [0.3, 0.4) is 0 Å². The summed E-state index contributed by atoms with van der Waals surface area (Å²) >= 11 is 0. The molecule has 1 aliphatic heterocycles. The first kappa shape index (κ1) is 13.6. The Morgan fingerprint density at radius 2 is 2.14 bits per heavy atom. The molecule has 110 valence electrons. The van der Waals surface area contributed by atoms with E-state index in [1.807, 2.05) is 19.1 Å². The third-order valence-electron chi connectivity index (χ3n) is 3.74. The molecule has 0 bridgehead atoms. The van der Waals surface area contributed by atoms with Gasteiger partial charge in [0.2, 0.25) is 0 Å². The Bertz CT molecular complexity index is 724. The molecule has 1 fully saturated rings. The third-order valence-corrected chi connectivity index (χ3v) is 3.74. The van der Waals surface area contributed by atoms with E-state index in [1.165, 1.54) is 4.90 Å². The van der Waals surface area contributed by atoms with Crippen molar-refractivity contribution in [3.8, 4) is 0 Å². The number of hydrogen-bond donors (Lipinski definition) is 2. The van der Waals surface area contributed by atoms with E-state index in [2.05, 4.69) is 4.98 Å². The van der Waals surface area contributed by atoms with Gasteiger partial charge in [0, 0.05) is 24.9 Å². The Morgan fingerprint density at radius 1 is 1.38 bits per heavy atom. The third kappa shape index (κ3) is 2.25. The van der Waals surface area contributed by atoms with Crippen molar-refractivity contribution >= 4 is 17.5 Å². The Balaban J connectivity index is 1.96. The normalized spacial score (nSPS) is 21.9. The molecule has 7 nitrogen and oxygen atoms in total. The molecular formula is C14H15N3O4. The number of fused-ring (bicyclic) bond motifs is 1. The summed E-state index contributed by atoms with van der Waals surface area (Å²) in [7, 11) is 0. The molecule has 0 saturated carbocycles. The Morgan fingerprint density at radius 3 is 2.81 bits per heavy atom. The van der Waals surface area contributed by atoms with Crippen LogP contribution in [0.4, 0.5) is 0 Å². The molecule has 0 spiro atoms. The van der Waals surface area contributed by atoms with Crippen LogP contribution >= 0.6 is 0 Å². The number of likely N-dealkylation sites (tertiary alicyclic amines) is 1. The number of β-amino-alcohol motifs (C(OH)–C–C–N with tert-alkyl or cyclic N) is 1. The van der Waals surface area contributed by atoms with Gasteiger partial charge < -0.3 is 19.5 Å². The maximum Gasteiger partial charge on any atom is 0.326 e. The summed E-state index contributed by atoms with van der Waals surface area (Å²) in [6.07, 6.45) is 0.832. The van der Waals surface area contributed by atoms with Gasteiger partial charge in [0.05, 0.1) is 6.10 Å². The maximum absolute atomic E-state index is 12.5. The minimum absolute atomic E-state index is 0.0165. The SMILES string of the molecule is Cc1cccc2nc(C(=O)N3CC(O)C[C@H]3C(=O)O)cn12. The second-order valence-electron chi connectivity index (χ2n) is 5.22. The molecule has 3 rings (SSSR count).